The first-order valence-corrected chi connectivity index (χ1v) is 8.57. The van der Waals surface area contributed by atoms with Crippen molar-refractivity contribution in [1.29, 1.82) is 0 Å². The van der Waals surface area contributed by atoms with Crippen LogP contribution in [-0.2, 0) is 13.0 Å². The third kappa shape index (κ3) is 6.89. The van der Waals surface area contributed by atoms with Crippen LogP contribution >= 0.6 is 24.0 Å². The van der Waals surface area contributed by atoms with E-state index in [0.717, 1.165) is 23.3 Å². The fourth-order valence-electron chi connectivity index (χ4n) is 2.65. The lowest BCUT2D eigenvalue weighted by Gasteiger charge is -2.15. The second-order valence-electron chi connectivity index (χ2n) is 6.09. The van der Waals surface area contributed by atoms with Crippen molar-refractivity contribution in [2.24, 2.45) is 4.99 Å². The number of guanidine groups is 1. The Morgan fingerprint density at radius 1 is 1.15 bits per heavy atom. The first-order chi connectivity index (χ1) is 12.5. The van der Waals surface area contributed by atoms with Gasteiger partial charge in [-0.1, -0.05) is 24.3 Å². The third-order valence-electron chi connectivity index (χ3n) is 4.06. The van der Waals surface area contributed by atoms with Crippen LogP contribution < -0.4 is 20.3 Å². The van der Waals surface area contributed by atoms with Gasteiger partial charge in [-0.25, -0.2) is 4.39 Å². The quantitative estimate of drug-likeness (QED) is 0.358. The van der Waals surface area contributed by atoms with Crippen LogP contribution in [0.5, 0.6) is 5.75 Å². The predicted molar refractivity (Wildman–Crippen MR) is 121 cm³/mol. The van der Waals surface area contributed by atoms with Gasteiger partial charge in [0, 0.05) is 34.2 Å². The number of benzene rings is 2. The van der Waals surface area contributed by atoms with E-state index in [9.17, 15) is 4.39 Å². The molecule has 0 atom stereocenters. The molecule has 0 heterocycles. The van der Waals surface area contributed by atoms with Crippen LogP contribution in [0.1, 0.15) is 11.1 Å². The van der Waals surface area contributed by atoms with Crippen molar-refractivity contribution in [3.63, 3.8) is 0 Å². The average molecular weight is 486 g/mol. The predicted octanol–water partition coefficient (Wildman–Crippen LogP) is 3.43. The highest BCUT2D eigenvalue weighted by Crippen LogP contribution is 2.18. The molecule has 5 nitrogen and oxygen atoms in total. The average Bonchev–Trinajstić information content (AvgIpc) is 2.64. The third-order valence-corrected chi connectivity index (χ3v) is 4.06. The minimum Gasteiger partial charge on any atom is -0.496 e. The van der Waals surface area contributed by atoms with Crippen molar-refractivity contribution in [1.82, 2.24) is 10.6 Å². The van der Waals surface area contributed by atoms with Gasteiger partial charge < -0.3 is 20.3 Å². The zero-order chi connectivity index (χ0) is 18.9. The lowest BCUT2D eigenvalue weighted by molar-refractivity contribution is 0.409. The number of aliphatic imine (C=N–C) groups is 1. The molecule has 0 unspecified atom stereocenters. The minimum absolute atomic E-state index is 0. The zero-order valence-electron chi connectivity index (χ0n) is 16.3. The second-order valence-corrected chi connectivity index (χ2v) is 6.09. The maximum Gasteiger partial charge on any atom is 0.191 e. The molecule has 0 amide bonds. The van der Waals surface area contributed by atoms with Crippen LogP contribution in [0.3, 0.4) is 0 Å². The summed E-state index contributed by atoms with van der Waals surface area (Å²) in [4.78, 5) is 5.96. The molecule has 0 aliphatic carbocycles. The molecule has 0 aromatic heterocycles. The highest BCUT2D eigenvalue weighted by atomic mass is 127. The Bertz CT molecular complexity index is 753. The number of halogens is 2. The number of hydrogen-bond donors (Lipinski definition) is 2. The van der Waals surface area contributed by atoms with E-state index in [1.165, 1.54) is 0 Å². The van der Waals surface area contributed by atoms with Gasteiger partial charge in [-0.05, 0) is 35.7 Å². The number of para-hydroxylation sites is 1. The van der Waals surface area contributed by atoms with Gasteiger partial charge in [0.1, 0.15) is 11.6 Å². The number of rotatable bonds is 7. The Labute approximate surface area is 178 Å². The van der Waals surface area contributed by atoms with Crippen LogP contribution in [-0.4, -0.2) is 40.8 Å². The summed E-state index contributed by atoms with van der Waals surface area (Å²) in [5.74, 6) is 1.33. The van der Waals surface area contributed by atoms with Crippen molar-refractivity contribution < 1.29 is 9.13 Å². The summed E-state index contributed by atoms with van der Waals surface area (Å²) >= 11 is 0. The first-order valence-electron chi connectivity index (χ1n) is 8.57. The Morgan fingerprint density at radius 3 is 2.52 bits per heavy atom. The molecule has 0 saturated carbocycles. The van der Waals surface area contributed by atoms with E-state index in [2.05, 4.69) is 15.6 Å². The molecular weight excluding hydrogens is 458 g/mol. The molecule has 0 fully saturated rings. The summed E-state index contributed by atoms with van der Waals surface area (Å²) < 4.78 is 19.4. The summed E-state index contributed by atoms with van der Waals surface area (Å²) in [6, 6.07) is 13.2. The van der Waals surface area contributed by atoms with Crippen molar-refractivity contribution in [3.8, 4) is 5.75 Å². The van der Waals surface area contributed by atoms with Crippen LogP contribution in [0.15, 0.2) is 47.5 Å². The Morgan fingerprint density at radius 2 is 1.89 bits per heavy atom. The van der Waals surface area contributed by atoms with E-state index >= 15 is 0 Å². The van der Waals surface area contributed by atoms with Crippen LogP contribution in [0.2, 0.25) is 0 Å². The van der Waals surface area contributed by atoms with Crippen LogP contribution in [0.25, 0.3) is 0 Å². The minimum atomic E-state index is -0.228. The Balaban J connectivity index is 0.00000364. The summed E-state index contributed by atoms with van der Waals surface area (Å²) in [7, 11) is 7.04. The summed E-state index contributed by atoms with van der Waals surface area (Å²) in [6.45, 7) is 1.22. The largest absolute Gasteiger partial charge is 0.496 e. The highest BCUT2D eigenvalue weighted by molar-refractivity contribution is 14.0. The molecule has 2 aromatic rings. The number of hydrogen-bond acceptors (Lipinski definition) is 3. The molecule has 148 valence electrons. The highest BCUT2D eigenvalue weighted by Gasteiger charge is 2.06. The van der Waals surface area contributed by atoms with Gasteiger partial charge in [-0.3, -0.25) is 4.99 Å². The van der Waals surface area contributed by atoms with Gasteiger partial charge in [0.05, 0.1) is 12.8 Å². The molecule has 0 aliphatic heterocycles. The lowest BCUT2D eigenvalue weighted by Crippen LogP contribution is -2.37. The van der Waals surface area contributed by atoms with E-state index in [4.69, 9.17) is 4.74 Å². The maximum atomic E-state index is 14.0. The standard InChI is InChI=1S/C20H27FN4O.HI/c1-22-20(23-12-11-16-7-5-6-8-19(16)26-4)24-14-15-9-10-18(25(2)3)17(21)13-15;/h5-10,13H,11-12,14H2,1-4H3,(H2,22,23,24);1H. The molecule has 0 aliphatic rings. The van der Waals surface area contributed by atoms with E-state index in [0.29, 0.717) is 24.7 Å². The van der Waals surface area contributed by atoms with Crippen LogP contribution in [0.4, 0.5) is 10.1 Å². The van der Waals surface area contributed by atoms with E-state index < -0.39 is 0 Å². The first kappa shape index (κ1) is 23.0. The van der Waals surface area contributed by atoms with Crippen molar-refractivity contribution in [2.75, 3.05) is 39.7 Å². The molecule has 0 bridgehead atoms. The molecule has 2 aromatic carbocycles. The van der Waals surface area contributed by atoms with Crippen LogP contribution in [0, 0.1) is 5.82 Å². The maximum absolute atomic E-state index is 14.0. The zero-order valence-corrected chi connectivity index (χ0v) is 18.6. The molecule has 2 N–H and O–H groups in total. The van der Waals surface area contributed by atoms with E-state index in [1.54, 1.807) is 31.2 Å². The molecule has 7 heteroatoms. The fourth-order valence-corrected chi connectivity index (χ4v) is 2.65. The van der Waals surface area contributed by atoms with Gasteiger partial charge in [0.15, 0.2) is 5.96 Å². The fraction of sp³-hybridized carbons (Fsp3) is 0.350. The van der Waals surface area contributed by atoms with Gasteiger partial charge in [0.25, 0.3) is 0 Å². The SMILES string of the molecule is CN=C(NCCc1ccccc1OC)NCc1ccc(N(C)C)c(F)c1.I. The van der Waals surface area contributed by atoms with E-state index in [1.807, 2.05) is 44.4 Å². The summed E-state index contributed by atoms with van der Waals surface area (Å²) in [6.07, 6.45) is 0.816. The van der Waals surface area contributed by atoms with Gasteiger partial charge >= 0.3 is 0 Å². The number of nitrogens with one attached hydrogen (secondary N) is 2. The summed E-state index contributed by atoms with van der Waals surface area (Å²) in [5.41, 5.74) is 2.58. The van der Waals surface area contributed by atoms with Crippen molar-refractivity contribution >= 4 is 35.6 Å². The van der Waals surface area contributed by atoms with Crippen molar-refractivity contribution in [3.05, 3.63) is 59.4 Å². The van der Waals surface area contributed by atoms with E-state index in [-0.39, 0.29) is 29.8 Å². The molecule has 0 radical (unpaired) electrons. The Hall–Kier alpha value is -2.03. The number of ether oxygens (including phenoxy) is 1. The Kier molecular flexibility index (Phi) is 9.92. The van der Waals surface area contributed by atoms with Gasteiger partial charge in [0.2, 0.25) is 0 Å². The van der Waals surface area contributed by atoms with Gasteiger partial charge in [-0.2, -0.15) is 0 Å². The normalized spacial score (nSPS) is 10.8. The molecule has 0 saturated heterocycles. The molecular formula is C20H28FIN4O. The number of anilines is 1. The number of methoxy groups -OCH3 is 1. The monoisotopic (exact) mass is 486 g/mol. The second kappa shape index (κ2) is 11.6. The molecule has 0 spiro atoms. The van der Waals surface area contributed by atoms with Crippen molar-refractivity contribution in [2.45, 2.75) is 13.0 Å². The molecule has 2 rings (SSSR count). The smallest absolute Gasteiger partial charge is 0.191 e. The lowest BCUT2D eigenvalue weighted by atomic mass is 10.1. The summed E-state index contributed by atoms with van der Waals surface area (Å²) in [5, 5.41) is 6.47. The topological polar surface area (TPSA) is 48.9 Å². The van der Waals surface area contributed by atoms with Gasteiger partial charge in [-0.15, -0.1) is 24.0 Å². The molecule has 27 heavy (non-hydrogen) atoms. The number of nitrogens with zero attached hydrogens (tertiary/aromatic N) is 2.